The zero-order valence-electron chi connectivity index (χ0n) is 7.76. The van der Waals surface area contributed by atoms with E-state index in [9.17, 15) is 4.79 Å². The van der Waals surface area contributed by atoms with Crippen LogP contribution in [0.3, 0.4) is 0 Å². The number of carbonyl (C=O) groups is 1. The van der Waals surface area contributed by atoms with E-state index in [4.69, 9.17) is 0 Å². The Labute approximate surface area is 73.1 Å². The molecule has 2 atom stereocenters. The van der Waals surface area contributed by atoms with Gasteiger partial charge in [0.25, 0.3) is 0 Å². The Kier molecular flexibility index (Phi) is 1.65. The Balaban J connectivity index is 2.21. The van der Waals surface area contributed by atoms with Crippen LogP contribution in [-0.4, -0.2) is 37.0 Å². The van der Waals surface area contributed by atoms with Crippen LogP contribution in [0.25, 0.3) is 0 Å². The summed E-state index contributed by atoms with van der Waals surface area (Å²) in [7, 11) is 0. The predicted octanol–water partition coefficient (Wildman–Crippen LogP) is 0.0742. The van der Waals surface area contributed by atoms with Gasteiger partial charge in [0, 0.05) is 31.6 Å². The zero-order chi connectivity index (χ0) is 8.77. The van der Waals surface area contributed by atoms with E-state index < -0.39 is 0 Å². The maximum Gasteiger partial charge on any atom is 0.227 e. The lowest BCUT2D eigenvalue weighted by atomic mass is 9.83. The van der Waals surface area contributed by atoms with Crippen molar-refractivity contribution in [1.29, 1.82) is 0 Å². The van der Waals surface area contributed by atoms with E-state index in [-0.39, 0.29) is 11.3 Å². The zero-order valence-corrected chi connectivity index (χ0v) is 7.76. The largest absolute Gasteiger partial charge is 0.342 e. The molecule has 0 saturated carbocycles. The lowest BCUT2D eigenvalue weighted by Gasteiger charge is -2.20. The molecule has 0 aromatic heterocycles. The first-order valence-electron chi connectivity index (χ1n) is 4.67. The Hall–Kier alpha value is -0.570. The van der Waals surface area contributed by atoms with E-state index in [0.29, 0.717) is 5.91 Å². The van der Waals surface area contributed by atoms with Crippen LogP contribution in [0.5, 0.6) is 0 Å². The van der Waals surface area contributed by atoms with Gasteiger partial charge in [0.15, 0.2) is 0 Å². The number of amides is 1. The third-order valence-corrected chi connectivity index (χ3v) is 3.26. The third-order valence-electron chi connectivity index (χ3n) is 3.26. The quantitative estimate of drug-likeness (QED) is 0.601. The highest BCUT2D eigenvalue weighted by Crippen LogP contribution is 2.38. The molecular formula is C9H16N2O. The Bertz CT molecular complexity index is 217. The van der Waals surface area contributed by atoms with Crippen molar-refractivity contribution in [3.05, 3.63) is 0 Å². The highest BCUT2D eigenvalue weighted by molar-refractivity contribution is 5.83. The lowest BCUT2D eigenvalue weighted by Crippen LogP contribution is -2.31. The molecule has 2 fully saturated rings. The van der Waals surface area contributed by atoms with E-state index in [1.54, 1.807) is 0 Å². The molecule has 0 radical (unpaired) electrons. The van der Waals surface area contributed by atoms with Crippen molar-refractivity contribution in [3.63, 3.8) is 0 Å². The first kappa shape index (κ1) is 8.05. The second kappa shape index (κ2) is 2.46. The topological polar surface area (TPSA) is 32.3 Å². The number of fused-ring (bicyclic) bond motifs is 1. The second-order valence-electron chi connectivity index (χ2n) is 4.19. The minimum atomic E-state index is 0.215. The van der Waals surface area contributed by atoms with Crippen LogP contribution in [0.15, 0.2) is 0 Å². The molecule has 2 saturated heterocycles. The molecule has 3 nitrogen and oxygen atoms in total. The fourth-order valence-electron chi connectivity index (χ4n) is 2.43. The van der Waals surface area contributed by atoms with Crippen molar-refractivity contribution in [2.75, 3.05) is 26.2 Å². The summed E-state index contributed by atoms with van der Waals surface area (Å²) in [5, 5.41) is 3.29. The number of nitrogens with one attached hydrogen (secondary N) is 1. The minimum Gasteiger partial charge on any atom is -0.342 e. The number of hydrogen-bond acceptors (Lipinski definition) is 2. The predicted molar refractivity (Wildman–Crippen MR) is 46.7 cm³/mol. The summed E-state index contributed by atoms with van der Waals surface area (Å²) in [5.74, 6) is 0.599. The van der Waals surface area contributed by atoms with E-state index in [0.717, 1.165) is 26.2 Å². The number of rotatable bonds is 1. The number of likely N-dealkylation sites (tertiary alicyclic amines) is 1. The van der Waals surface area contributed by atoms with Crippen LogP contribution in [-0.2, 0) is 4.79 Å². The monoisotopic (exact) mass is 168 g/mol. The van der Waals surface area contributed by atoms with Gasteiger partial charge in [-0.05, 0) is 6.92 Å². The van der Waals surface area contributed by atoms with Gasteiger partial charge in [0.1, 0.15) is 0 Å². The lowest BCUT2D eigenvalue weighted by molar-refractivity contribution is -0.130. The molecule has 0 aromatic rings. The third kappa shape index (κ3) is 0.891. The Morgan fingerprint density at radius 1 is 1.75 bits per heavy atom. The molecule has 0 aromatic carbocycles. The molecule has 68 valence electrons. The van der Waals surface area contributed by atoms with Crippen LogP contribution in [0.2, 0.25) is 0 Å². The van der Waals surface area contributed by atoms with Crippen molar-refractivity contribution in [2.24, 2.45) is 11.3 Å². The summed E-state index contributed by atoms with van der Waals surface area (Å²) in [5.41, 5.74) is 0.215. The number of carbonyl (C=O) groups excluding carboxylic acids is 1. The molecule has 1 N–H and O–H groups in total. The van der Waals surface area contributed by atoms with Gasteiger partial charge >= 0.3 is 0 Å². The number of nitrogens with zero attached hydrogens (tertiary/aromatic N) is 1. The summed E-state index contributed by atoms with van der Waals surface area (Å²) < 4.78 is 0. The van der Waals surface area contributed by atoms with E-state index in [1.165, 1.54) is 0 Å². The molecule has 1 amide bonds. The van der Waals surface area contributed by atoms with E-state index >= 15 is 0 Å². The molecular weight excluding hydrogens is 152 g/mol. The van der Waals surface area contributed by atoms with Crippen LogP contribution in [0.4, 0.5) is 0 Å². The first-order valence-corrected chi connectivity index (χ1v) is 4.67. The highest BCUT2D eigenvalue weighted by atomic mass is 16.2. The molecule has 2 heterocycles. The van der Waals surface area contributed by atoms with Crippen LogP contribution in [0.1, 0.15) is 13.8 Å². The summed E-state index contributed by atoms with van der Waals surface area (Å²) in [6, 6.07) is 0. The standard InChI is InChI=1S/C9H16N2O/c1-3-11-6-9(2)5-10-4-7(9)8(11)12/h7,10H,3-6H2,1-2H3/t7-,9+/m1/s1. The fourth-order valence-corrected chi connectivity index (χ4v) is 2.43. The number of hydrogen-bond donors (Lipinski definition) is 1. The van der Waals surface area contributed by atoms with Gasteiger partial charge in [-0.15, -0.1) is 0 Å². The van der Waals surface area contributed by atoms with Gasteiger partial charge in [-0.1, -0.05) is 6.92 Å². The first-order chi connectivity index (χ1) is 5.67. The molecule has 0 spiro atoms. The maximum absolute atomic E-state index is 11.7. The van der Waals surface area contributed by atoms with Crippen molar-refractivity contribution in [2.45, 2.75) is 13.8 Å². The smallest absolute Gasteiger partial charge is 0.227 e. The normalized spacial score (nSPS) is 40.7. The summed E-state index contributed by atoms with van der Waals surface area (Å²) in [4.78, 5) is 13.7. The van der Waals surface area contributed by atoms with E-state index in [2.05, 4.69) is 19.2 Å². The fraction of sp³-hybridized carbons (Fsp3) is 0.889. The second-order valence-corrected chi connectivity index (χ2v) is 4.19. The van der Waals surface area contributed by atoms with E-state index in [1.807, 2.05) is 4.90 Å². The Morgan fingerprint density at radius 3 is 3.08 bits per heavy atom. The van der Waals surface area contributed by atoms with Crippen molar-refractivity contribution in [3.8, 4) is 0 Å². The van der Waals surface area contributed by atoms with Crippen LogP contribution in [0, 0.1) is 11.3 Å². The molecule has 2 rings (SSSR count). The molecule has 2 aliphatic heterocycles. The molecule has 2 aliphatic rings. The van der Waals surface area contributed by atoms with Crippen LogP contribution >= 0.6 is 0 Å². The van der Waals surface area contributed by atoms with Gasteiger partial charge in [0.05, 0.1) is 5.92 Å². The minimum absolute atomic E-state index is 0.215. The molecule has 0 aliphatic carbocycles. The van der Waals surface area contributed by atoms with Gasteiger partial charge in [-0.2, -0.15) is 0 Å². The van der Waals surface area contributed by atoms with Crippen molar-refractivity contribution in [1.82, 2.24) is 10.2 Å². The molecule has 0 unspecified atom stereocenters. The van der Waals surface area contributed by atoms with Gasteiger partial charge in [-0.25, -0.2) is 0 Å². The summed E-state index contributed by atoms with van der Waals surface area (Å²) in [6.07, 6.45) is 0. The summed E-state index contributed by atoms with van der Waals surface area (Å²) >= 11 is 0. The SMILES string of the molecule is CCN1C[C@]2(C)CNC[C@@H]2C1=O. The highest BCUT2D eigenvalue weighted by Gasteiger charge is 2.51. The van der Waals surface area contributed by atoms with Crippen LogP contribution < -0.4 is 5.32 Å². The average molecular weight is 168 g/mol. The average Bonchev–Trinajstić information content (AvgIpc) is 2.50. The molecule has 0 bridgehead atoms. The van der Waals surface area contributed by atoms with Gasteiger partial charge in [-0.3, -0.25) is 4.79 Å². The maximum atomic E-state index is 11.7. The van der Waals surface area contributed by atoms with Gasteiger partial charge < -0.3 is 10.2 Å². The van der Waals surface area contributed by atoms with Crippen molar-refractivity contribution >= 4 is 5.91 Å². The molecule has 3 heteroatoms. The molecule has 12 heavy (non-hydrogen) atoms. The van der Waals surface area contributed by atoms with Crippen molar-refractivity contribution < 1.29 is 4.79 Å². The summed E-state index contributed by atoms with van der Waals surface area (Å²) in [6.45, 7) is 7.96. The van der Waals surface area contributed by atoms with Gasteiger partial charge in [0.2, 0.25) is 5.91 Å². The Morgan fingerprint density at radius 2 is 2.50 bits per heavy atom.